The number of benzene rings is 2. The molecule has 0 heterocycles. The van der Waals surface area contributed by atoms with Crippen LogP contribution in [-0.4, -0.2) is 5.11 Å². The highest BCUT2D eigenvalue weighted by Gasteiger charge is 1.98. The van der Waals surface area contributed by atoms with Gasteiger partial charge in [0.25, 0.3) is 0 Å². The summed E-state index contributed by atoms with van der Waals surface area (Å²) in [5, 5.41) is 11.7. The second-order valence-corrected chi connectivity index (χ2v) is 2.99. The van der Waals surface area contributed by atoms with E-state index in [1.807, 2.05) is 12.1 Å². The van der Waals surface area contributed by atoms with Crippen molar-refractivity contribution in [2.45, 2.75) is 0 Å². The van der Waals surface area contributed by atoms with Gasteiger partial charge in [-0.2, -0.15) is 0 Å². The number of phenolic OH excluding ortho intramolecular Hbond substituents is 1. The van der Waals surface area contributed by atoms with E-state index in [4.69, 9.17) is 11.6 Å². The van der Waals surface area contributed by atoms with Crippen molar-refractivity contribution in [2.75, 3.05) is 0 Å². The molecule has 1 radical (unpaired) electrons. The standard InChI is InChI=1S/C10H6ClO/c11-8-5-4-7-2-1-3-10(12)9(7)6-8/h1-2,4-6,12H. The van der Waals surface area contributed by atoms with E-state index in [1.165, 1.54) is 0 Å². The van der Waals surface area contributed by atoms with Crippen LogP contribution < -0.4 is 0 Å². The number of aromatic hydroxyl groups is 1. The van der Waals surface area contributed by atoms with Crippen LogP contribution in [0.5, 0.6) is 5.75 Å². The molecule has 1 nitrogen and oxygen atoms in total. The summed E-state index contributed by atoms with van der Waals surface area (Å²) in [6.45, 7) is 0. The Morgan fingerprint density at radius 3 is 2.92 bits per heavy atom. The maximum Gasteiger partial charge on any atom is 0.131 e. The van der Waals surface area contributed by atoms with Crippen molar-refractivity contribution in [3.05, 3.63) is 41.4 Å². The van der Waals surface area contributed by atoms with Gasteiger partial charge in [0, 0.05) is 16.5 Å². The fraction of sp³-hybridized carbons (Fsp3) is 0. The Balaban J connectivity index is 2.88. The SMILES string of the molecule is Oc1[c]ccc2ccc(Cl)cc12. The van der Waals surface area contributed by atoms with Crippen molar-refractivity contribution < 1.29 is 5.11 Å². The molecule has 0 aromatic heterocycles. The molecule has 59 valence electrons. The minimum absolute atomic E-state index is 0.148. The zero-order valence-corrected chi connectivity index (χ0v) is 6.97. The lowest BCUT2D eigenvalue weighted by molar-refractivity contribution is 0.480. The molecule has 0 aliphatic heterocycles. The van der Waals surface area contributed by atoms with Gasteiger partial charge in [-0.05, 0) is 23.6 Å². The maximum absolute atomic E-state index is 9.38. The molecule has 2 heteroatoms. The third kappa shape index (κ3) is 1.12. The Kier molecular flexibility index (Phi) is 1.66. The average Bonchev–Trinajstić information content (AvgIpc) is 2.07. The Morgan fingerprint density at radius 2 is 2.08 bits per heavy atom. The normalized spacial score (nSPS) is 10.4. The average molecular weight is 178 g/mol. The quantitative estimate of drug-likeness (QED) is 0.656. The number of phenols is 1. The number of rotatable bonds is 0. The first-order valence-electron chi connectivity index (χ1n) is 3.56. The third-order valence-electron chi connectivity index (χ3n) is 1.75. The van der Waals surface area contributed by atoms with Crippen LogP contribution in [0.2, 0.25) is 5.02 Å². The fourth-order valence-corrected chi connectivity index (χ4v) is 1.34. The zero-order valence-electron chi connectivity index (χ0n) is 6.21. The molecule has 2 rings (SSSR count). The Bertz CT molecular complexity index is 423. The van der Waals surface area contributed by atoms with E-state index in [0.717, 1.165) is 10.8 Å². The molecule has 0 amide bonds. The van der Waals surface area contributed by atoms with Gasteiger partial charge in [-0.1, -0.05) is 23.7 Å². The predicted molar refractivity (Wildman–Crippen MR) is 49.5 cm³/mol. The van der Waals surface area contributed by atoms with Crippen molar-refractivity contribution in [3.8, 4) is 5.75 Å². The molecular weight excluding hydrogens is 172 g/mol. The molecule has 0 saturated heterocycles. The molecule has 12 heavy (non-hydrogen) atoms. The smallest absolute Gasteiger partial charge is 0.131 e. The largest absolute Gasteiger partial charge is 0.507 e. The fourth-order valence-electron chi connectivity index (χ4n) is 1.17. The van der Waals surface area contributed by atoms with Gasteiger partial charge in [-0.25, -0.2) is 0 Å². The monoisotopic (exact) mass is 177 g/mol. The lowest BCUT2D eigenvalue weighted by Gasteiger charge is -1.99. The molecule has 2 aromatic carbocycles. The minimum Gasteiger partial charge on any atom is -0.507 e. The van der Waals surface area contributed by atoms with Crippen molar-refractivity contribution in [3.63, 3.8) is 0 Å². The van der Waals surface area contributed by atoms with Gasteiger partial charge in [0.15, 0.2) is 0 Å². The van der Waals surface area contributed by atoms with Gasteiger partial charge in [-0.3, -0.25) is 0 Å². The summed E-state index contributed by atoms with van der Waals surface area (Å²) in [5.41, 5.74) is 0. The third-order valence-corrected chi connectivity index (χ3v) is 1.99. The van der Waals surface area contributed by atoms with Crippen LogP contribution in [-0.2, 0) is 0 Å². The summed E-state index contributed by atoms with van der Waals surface area (Å²) in [6, 6.07) is 11.7. The molecule has 0 saturated carbocycles. The first kappa shape index (κ1) is 7.44. The van der Waals surface area contributed by atoms with E-state index in [-0.39, 0.29) is 5.75 Å². The second-order valence-electron chi connectivity index (χ2n) is 2.56. The topological polar surface area (TPSA) is 20.2 Å². The van der Waals surface area contributed by atoms with Crippen molar-refractivity contribution in [2.24, 2.45) is 0 Å². The predicted octanol–water partition coefficient (Wildman–Crippen LogP) is 3.00. The number of hydrogen-bond donors (Lipinski definition) is 1. The van der Waals surface area contributed by atoms with Crippen LogP contribution in [0.3, 0.4) is 0 Å². The molecule has 0 bridgehead atoms. The molecule has 0 aliphatic carbocycles. The van der Waals surface area contributed by atoms with Crippen LogP contribution in [0.4, 0.5) is 0 Å². The molecule has 0 spiro atoms. The lowest BCUT2D eigenvalue weighted by Crippen LogP contribution is -1.73. The van der Waals surface area contributed by atoms with Crippen molar-refractivity contribution in [1.29, 1.82) is 0 Å². The zero-order chi connectivity index (χ0) is 8.55. The van der Waals surface area contributed by atoms with Gasteiger partial charge in [-0.15, -0.1) is 0 Å². The van der Waals surface area contributed by atoms with Gasteiger partial charge < -0.3 is 5.11 Å². The first-order chi connectivity index (χ1) is 5.77. The Labute approximate surface area is 75.2 Å². The van der Waals surface area contributed by atoms with E-state index in [9.17, 15) is 5.11 Å². The molecule has 0 fully saturated rings. The summed E-state index contributed by atoms with van der Waals surface area (Å²) < 4.78 is 0. The van der Waals surface area contributed by atoms with E-state index in [0.29, 0.717) is 5.02 Å². The summed E-state index contributed by atoms with van der Waals surface area (Å²) in [7, 11) is 0. The number of hydrogen-bond acceptors (Lipinski definition) is 1. The number of halogens is 1. The molecule has 0 aliphatic rings. The van der Waals surface area contributed by atoms with E-state index >= 15 is 0 Å². The summed E-state index contributed by atoms with van der Waals surface area (Å²) in [6.07, 6.45) is 0. The summed E-state index contributed by atoms with van der Waals surface area (Å²) in [4.78, 5) is 0. The highest BCUT2D eigenvalue weighted by Crippen LogP contribution is 2.26. The molecule has 2 aromatic rings. The van der Waals surface area contributed by atoms with Gasteiger partial charge in [0.2, 0.25) is 0 Å². The highest BCUT2D eigenvalue weighted by atomic mass is 35.5. The Hall–Kier alpha value is -1.21. The van der Waals surface area contributed by atoms with Crippen molar-refractivity contribution in [1.82, 2.24) is 0 Å². The van der Waals surface area contributed by atoms with Crippen LogP contribution in [0.25, 0.3) is 10.8 Å². The van der Waals surface area contributed by atoms with Crippen LogP contribution in [0.1, 0.15) is 0 Å². The van der Waals surface area contributed by atoms with Gasteiger partial charge in [0.05, 0.1) is 0 Å². The number of fused-ring (bicyclic) bond motifs is 1. The van der Waals surface area contributed by atoms with E-state index < -0.39 is 0 Å². The van der Waals surface area contributed by atoms with Gasteiger partial charge >= 0.3 is 0 Å². The second kappa shape index (κ2) is 2.68. The first-order valence-corrected chi connectivity index (χ1v) is 3.94. The molecule has 0 unspecified atom stereocenters. The van der Waals surface area contributed by atoms with Crippen LogP contribution in [0, 0.1) is 6.07 Å². The minimum atomic E-state index is 0.148. The molecule has 0 atom stereocenters. The van der Waals surface area contributed by atoms with Gasteiger partial charge in [0.1, 0.15) is 5.75 Å². The lowest BCUT2D eigenvalue weighted by atomic mass is 10.1. The van der Waals surface area contributed by atoms with Crippen LogP contribution >= 0.6 is 11.6 Å². The van der Waals surface area contributed by atoms with E-state index in [2.05, 4.69) is 6.07 Å². The summed E-state index contributed by atoms with van der Waals surface area (Å²) >= 11 is 5.77. The summed E-state index contributed by atoms with van der Waals surface area (Å²) in [5.74, 6) is 0.148. The van der Waals surface area contributed by atoms with Crippen molar-refractivity contribution >= 4 is 22.4 Å². The molecule has 1 N–H and O–H groups in total. The Morgan fingerprint density at radius 1 is 1.25 bits per heavy atom. The van der Waals surface area contributed by atoms with E-state index in [1.54, 1.807) is 18.2 Å². The maximum atomic E-state index is 9.38. The van der Waals surface area contributed by atoms with Crippen LogP contribution in [0.15, 0.2) is 30.3 Å². The highest BCUT2D eigenvalue weighted by molar-refractivity contribution is 6.31. The molecular formula is C10H6ClO.